The topological polar surface area (TPSA) is 35.6 Å². The summed E-state index contributed by atoms with van der Waals surface area (Å²) in [6.07, 6.45) is 2.83. The second kappa shape index (κ2) is 6.06. The second-order valence-corrected chi connectivity index (χ2v) is 6.44. The number of piperidine rings is 1. The first-order chi connectivity index (χ1) is 10.1. The van der Waals surface area contributed by atoms with Gasteiger partial charge >= 0.3 is 0 Å². The van der Waals surface area contributed by atoms with E-state index in [-0.39, 0.29) is 0 Å². The average molecular weight is 287 g/mol. The first kappa shape index (κ1) is 14.4. The third-order valence-electron chi connectivity index (χ3n) is 4.91. The molecule has 1 aromatic carbocycles. The van der Waals surface area contributed by atoms with E-state index in [9.17, 15) is 4.79 Å². The Hall–Kier alpha value is -1.55. The summed E-state index contributed by atoms with van der Waals surface area (Å²) in [6.45, 7) is 2.70. The molecular formula is C17H25N3O. The summed E-state index contributed by atoms with van der Waals surface area (Å²) >= 11 is 0. The lowest BCUT2D eigenvalue weighted by molar-refractivity contribution is -0.133. The van der Waals surface area contributed by atoms with Crippen molar-refractivity contribution in [2.24, 2.45) is 0 Å². The standard InChI is InChI=1S/C17H25N3O/c1-19(2)14-7-9-20(10-8-14)17(21)11-13-12-18-16-6-4-3-5-15(13)16/h3-6,13-14,18H,7-12H2,1-2H3. The smallest absolute Gasteiger partial charge is 0.223 e. The highest BCUT2D eigenvalue weighted by atomic mass is 16.2. The molecule has 1 fully saturated rings. The number of carbonyl (C=O) groups is 1. The van der Waals surface area contributed by atoms with Gasteiger partial charge in [-0.05, 0) is 38.6 Å². The number of benzene rings is 1. The van der Waals surface area contributed by atoms with Gasteiger partial charge in [0, 0.05) is 43.7 Å². The Morgan fingerprint density at radius 1 is 1.29 bits per heavy atom. The highest BCUT2D eigenvalue weighted by molar-refractivity contribution is 5.78. The fourth-order valence-electron chi connectivity index (χ4n) is 3.51. The summed E-state index contributed by atoms with van der Waals surface area (Å²) < 4.78 is 0. The minimum absolute atomic E-state index is 0.315. The van der Waals surface area contributed by atoms with E-state index in [1.807, 2.05) is 6.07 Å². The van der Waals surface area contributed by atoms with Crippen molar-refractivity contribution >= 4 is 11.6 Å². The van der Waals surface area contributed by atoms with Gasteiger partial charge in [-0.1, -0.05) is 18.2 Å². The average Bonchev–Trinajstić information content (AvgIpc) is 2.91. The fraction of sp³-hybridized carbons (Fsp3) is 0.588. The van der Waals surface area contributed by atoms with Crippen LogP contribution in [0.4, 0.5) is 5.69 Å². The number of nitrogens with zero attached hydrogens (tertiary/aromatic N) is 2. The Balaban J connectivity index is 1.56. The van der Waals surface area contributed by atoms with Crippen molar-refractivity contribution in [1.82, 2.24) is 9.80 Å². The molecule has 0 aliphatic carbocycles. The van der Waals surface area contributed by atoms with E-state index in [1.54, 1.807) is 0 Å². The number of rotatable bonds is 3. The van der Waals surface area contributed by atoms with Crippen molar-refractivity contribution in [3.63, 3.8) is 0 Å². The summed E-state index contributed by atoms with van der Waals surface area (Å²) in [5, 5.41) is 3.40. The lowest BCUT2D eigenvalue weighted by atomic mass is 9.96. The number of carbonyl (C=O) groups excluding carboxylic acids is 1. The van der Waals surface area contributed by atoms with E-state index in [0.717, 1.165) is 32.5 Å². The van der Waals surface area contributed by atoms with Crippen molar-refractivity contribution < 1.29 is 4.79 Å². The van der Waals surface area contributed by atoms with Gasteiger partial charge in [0.25, 0.3) is 0 Å². The van der Waals surface area contributed by atoms with Gasteiger partial charge < -0.3 is 15.1 Å². The van der Waals surface area contributed by atoms with Gasteiger partial charge in [-0.3, -0.25) is 4.79 Å². The van der Waals surface area contributed by atoms with Crippen molar-refractivity contribution in [3.8, 4) is 0 Å². The van der Waals surface area contributed by atoms with Gasteiger partial charge in [-0.15, -0.1) is 0 Å². The molecule has 2 aliphatic heterocycles. The van der Waals surface area contributed by atoms with Gasteiger partial charge in [-0.25, -0.2) is 0 Å². The van der Waals surface area contributed by atoms with Crippen molar-refractivity contribution in [2.45, 2.75) is 31.2 Å². The molecule has 114 valence electrons. The molecule has 0 spiro atoms. The molecule has 0 aromatic heterocycles. The van der Waals surface area contributed by atoms with Crippen LogP contribution in [0, 0.1) is 0 Å². The summed E-state index contributed by atoms with van der Waals surface area (Å²) in [6, 6.07) is 8.98. The Morgan fingerprint density at radius 2 is 2.00 bits per heavy atom. The molecule has 0 saturated carbocycles. The van der Waals surface area contributed by atoms with Crippen molar-refractivity contribution in [3.05, 3.63) is 29.8 Å². The zero-order chi connectivity index (χ0) is 14.8. The molecule has 1 saturated heterocycles. The zero-order valence-electron chi connectivity index (χ0n) is 13.0. The molecule has 4 nitrogen and oxygen atoms in total. The highest BCUT2D eigenvalue weighted by Gasteiger charge is 2.28. The Morgan fingerprint density at radius 3 is 2.71 bits per heavy atom. The highest BCUT2D eigenvalue weighted by Crippen LogP contribution is 2.33. The predicted octanol–water partition coefficient (Wildman–Crippen LogP) is 2.14. The van der Waals surface area contributed by atoms with Crippen molar-refractivity contribution in [2.75, 3.05) is 39.0 Å². The van der Waals surface area contributed by atoms with Crippen LogP contribution in [0.15, 0.2) is 24.3 Å². The summed E-state index contributed by atoms with van der Waals surface area (Å²) in [7, 11) is 4.26. The number of fused-ring (bicyclic) bond motifs is 1. The maximum Gasteiger partial charge on any atom is 0.223 e. The maximum absolute atomic E-state index is 12.5. The number of likely N-dealkylation sites (tertiary alicyclic amines) is 1. The molecule has 3 rings (SSSR count). The quantitative estimate of drug-likeness (QED) is 0.925. The van der Waals surface area contributed by atoms with Crippen LogP contribution in [0.25, 0.3) is 0 Å². The second-order valence-electron chi connectivity index (χ2n) is 6.44. The predicted molar refractivity (Wildman–Crippen MR) is 85.6 cm³/mol. The minimum atomic E-state index is 0.315. The van der Waals surface area contributed by atoms with Crippen LogP contribution < -0.4 is 5.32 Å². The van der Waals surface area contributed by atoms with Crippen molar-refractivity contribution in [1.29, 1.82) is 0 Å². The molecule has 1 unspecified atom stereocenters. The first-order valence-corrected chi connectivity index (χ1v) is 7.92. The normalized spacial score (nSPS) is 22.2. The van der Waals surface area contributed by atoms with Crippen LogP contribution in [0.5, 0.6) is 0 Å². The molecule has 2 aliphatic rings. The molecule has 1 aromatic rings. The number of hydrogen-bond acceptors (Lipinski definition) is 3. The number of nitrogens with one attached hydrogen (secondary N) is 1. The molecule has 0 radical (unpaired) electrons. The Labute approximate surface area is 127 Å². The number of hydrogen-bond donors (Lipinski definition) is 1. The SMILES string of the molecule is CN(C)C1CCN(C(=O)CC2CNc3ccccc32)CC1. The van der Waals surface area contributed by atoms with E-state index in [4.69, 9.17) is 0 Å². The van der Waals surface area contributed by atoms with Crippen LogP contribution >= 0.6 is 0 Å². The largest absolute Gasteiger partial charge is 0.384 e. The van der Waals surface area contributed by atoms with Gasteiger partial charge in [-0.2, -0.15) is 0 Å². The van der Waals surface area contributed by atoms with Gasteiger partial charge in [0.2, 0.25) is 5.91 Å². The molecule has 1 amide bonds. The summed E-state index contributed by atoms with van der Waals surface area (Å²) in [5.41, 5.74) is 2.50. The minimum Gasteiger partial charge on any atom is -0.384 e. The van der Waals surface area contributed by atoms with E-state index >= 15 is 0 Å². The Bertz CT molecular complexity index is 507. The van der Waals surface area contributed by atoms with Crippen LogP contribution in [0.1, 0.15) is 30.7 Å². The van der Waals surface area contributed by atoms with E-state index in [2.05, 4.69) is 47.4 Å². The molecule has 21 heavy (non-hydrogen) atoms. The lowest BCUT2D eigenvalue weighted by Crippen LogP contribution is -2.44. The molecule has 4 heteroatoms. The number of amides is 1. The van der Waals surface area contributed by atoms with Crippen LogP contribution in [-0.4, -0.2) is 55.5 Å². The van der Waals surface area contributed by atoms with E-state index in [1.165, 1.54) is 11.3 Å². The van der Waals surface area contributed by atoms with E-state index in [0.29, 0.717) is 24.3 Å². The summed E-state index contributed by atoms with van der Waals surface area (Å²) in [5.74, 6) is 0.649. The van der Waals surface area contributed by atoms with Crippen LogP contribution in [-0.2, 0) is 4.79 Å². The fourth-order valence-corrected chi connectivity index (χ4v) is 3.51. The number of anilines is 1. The molecule has 1 atom stereocenters. The monoisotopic (exact) mass is 287 g/mol. The summed E-state index contributed by atoms with van der Waals surface area (Å²) in [4.78, 5) is 16.9. The molecule has 1 N–H and O–H groups in total. The number of para-hydroxylation sites is 1. The van der Waals surface area contributed by atoms with Gasteiger partial charge in [0.15, 0.2) is 0 Å². The lowest BCUT2D eigenvalue weighted by Gasteiger charge is -2.35. The zero-order valence-corrected chi connectivity index (χ0v) is 13.0. The van der Waals surface area contributed by atoms with E-state index < -0.39 is 0 Å². The maximum atomic E-state index is 12.5. The van der Waals surface area contributed by atoms with Gasteiger partial charge in [0.05, 0.1) is 0 Å². The Kier molecular flexibility index (Phi) is 4.15. The van der Waals surface area contributed by atoms with Crippen LogP contribution in [0.2, 0.25) is 0 Å². The van der Waals surface area contributed by atoms with Crippen LogP contribution in [0.3, 0.4) is 0 Å². The third kappa shape index (κ3) is 3.05. The third-order valence-corrected chi connectivity index (χ3v) is 4.91. The first-order valence-electron chi connectivity index (χ1n) is 7.92. The molecular weight excluding hydrogens is 262 g/mol. The van der Waals surface area contributed by atoms with Gasteiger partial charge in [0.1, 0.15) is 0 Å². The molecule has 2 heterocycles. The molecule has 0 bridgehead atoms.